The summed E-state index contributed by atoms with van der Waals surface area (Å²) in [6.07, 6.45) is 0.259. The Morgan fingerprint density at radius 2 is 1.48 bits per heavy atom. The van der Waals surface area contributed by atoms with Crippen molar-refractivity contribution in [2.45, 2.75) is 46.2 Å². The Balaban J connectivity index is 2.99. The average molecular weight is 379 g/mol. The third-order valence-electron chi connectivity index (χ3n) is 3.79. The zero-order valence-electron chi connectivity index (χ0n) is 16.3. The molecular weight excluding hydrogens is 350 g/mol. The molecule has 0 fully saturated rings. The standard InChI is InChI=1S/C20H29NO6/c1-4-25-18(22)13-12-17(20(24)27-6-3)21(15-19(23)26-5-2)14-16-10-8-7-9-11-16/h7-11,17H,4-6,12-15H2,1-3H3/t17-/m1/s1. The molecule has 1 aromatic carbocycles. The molecule has 1 rings (SSSR count). The SMILES string of the molecule is CCOC(=O)CC[C@H](C(=O)OCC)N(CC(=O)OCC)Cc1ccccc1. The van der Waals surface area contributed by atoms with Crippen molar-refractivity contribution in [2.24, 2.45) is 0 Å². The van der Waals surface area contributed by atoms with Crippen LogP contribution in [0.15, 0.2) is 30.3 Å². The van der Waals surface area contributed by atoms with E-state index in [1.165, 1.54) is 0 Å². The zero-order valence-corrected chi connectivity index (χ0v) is 16.3. The van der Waals surface area contributed by atoms with Crippen LogP contribution >= 0.6 is 0 Å². The predicted molar refractivity (Wildman–Crippen MR) is 99.8 cm³/mol. The lowest BCUT2D eigenvalue weighted by molar-refractivity contribution is -0.154. The summed E-state index contributed by atoms with van der Waals surface area (Å²) in [7, 11) is 0. The van der Waals surface area contributed by atoms with E-state index in [9.17, 15) is 14.4 Å². The van der Waals surface area contributed by atoms with Crippen molar-refractivity contribution in [1.82, 2.24) is 4.90 Å². The lowest BCUT2D eigenvalue weighted by Gasteiger charge is -2.29. The van der Waals surface area contributed by atoms with Crippen molar-refractivity contribution >= 4 is 17.9 Å². The van der Waals surface area contributed by atoms with E-state index < -0.39 is 18.0 Å². The topological polar surface area (TPSA) is 82.1 Å². The van der Waals surface area contributed by atoms with Gasteiger partial charge in [0.25, 0.3) is 0 Å². The van der Waals surface area contributed by atoms with Crippen molar-refractivity contribution < 1.29 is 28.6 Å². The second-order valence-corrected chi connectivity index (χ2v) is 5.81. The summed E-state index contributed by atoms with van der Waals surface area (Å²) in [4.78, 5) is 38.0. The summed E-state index contributed by atoms with van der Waals surface area (Å²) in [5.74, 6) is -1.29. The smallest absolute Gasteiger partial charge is 0.323 e. The molecule has 27 heavy (non-hydrogen) atoms. The first kappa shape index (κ1) is 22.6. The molecule has 0 aliphatic heterocycles. The van der Waals surface area contributed by atoms with Gasteiger partial charge >= 0.3 is 17.9 Å². The minimum atomic E-state index is -0.751. The third kappa shape index (κ3) is 8.68. The maximum atomic E-state index is 12.5. The minimum absolute atomic E-state index is 0.0609. The molecule has 0 radical (unpaired) electrons. The highest BCUT2D eigenvalue weighted by Crippen LogP contribution is 2.15. The van der Waals surface area contributed by atoms with Gasteiger partial charge in [0, 0.05) is 13.0 Å². The highest BCUT2D eigenvalue weighted by molar-refractivity contribution is 5.79. The number of ether oxygens (including phenoxy) is 3. The van der Waals surface area contributed by atoms with Gasteiger partial charge in [0.15, 0.2) is 0 Å². The molecule has 0 aromatic heterocycles. The van der Waals surface area contributed by atoms with Crippen molar-refractivity contribution in [2.75, 3.05) is 26.4 Å². The monoisotopic (exact) mass is 379 g/mol. The molecule has 1 atom stereocenters. The Morgan fingerprint density at radius 3 is 2.07 bits per heavy atom. The van der Waals surface area contributed by atoms with Crippen LogP contribution in [-0.4, -0.2) is 55.2 Å². The van der Waals surface area contributed by atoms with Crippen LogP contribution in [0.25, 0.3) is 0 Å². The van der Waals surface area contributed by atoms with Crippen molar-refractivity contribution in [3.8, 4) is 0 Å². The molecule has 0 unspecified atom stereocenters. The Kier molecular flexibility index (Phi) is 10.8. The number of esters is 3. The summed E-state index contributed by atoms with van der Waals surface area (Å²) < 4.78 is 15.2. The van der Waals surface area contributed by atoms with Crippen LogP contribution < -0.4 is 0 Å². The molecule has 0 heterocycles. The first-order valence-electron chi connectivity index (χ1n) is 9.27. The Hall–Kier alpha value is -2.41. The molecule has 0 N–H and O–H groups in total. The molecular formula is C20H29NO6. The largest absolute Gasteiger partial charge is 0.466 e. The van der Waals surface area contributed by atoms with Gasteiger partial charge in [0.05, 0.1) is 26.4 Å². The van der Waals surface area contributed by atoms with Gasteiger partial charge in [-0.25, -0.2) is 0 Å². The zero-order chi connectivity index (χ0) is 20.1. The van der Waals surface area contributed by atoms with Gasteiger partial charge < -0.3 is 14.2 Å². The summed E-state index contributed by atoms with van der Waals surface area (Å²) in [6.45, 7) is 6.19. The van der Waals surface area contributed by atoms with Crippen LogP contribution in [0.4, 0.5) is 0 Å². The summed E-state index contributed by atoms with van der Waals surface area (Å²) in [6, 6.07) is 8.73. The number of hydrogen-bond acceptors (Lipinski definition) is 7. The highest BCUT2D eigenvalue weighted by atomic mass is 16.5. The van der Waals surface area contributed by atoms with E-state index in [1.807, 2.05) is 30.3 Å². The fourth-order valence-corrected chi connectivity index (χ4v) is 2.64. The van der Waals surface area contributed by atoms with Gasteiger partial charge in [0.1, 0.15) is 6.04 Å². The van der Waals surface area contributed by atoms with E-state index in [4.69, 9.17) is 14.2 Å². The molecule has 150 valence electrons. The third-order valence-corrected chi connectivity index (χ3v) is 3.79. The number of rotatable bonds is 12. The Bertz CT molecular complexity index is 589. The van der Waals surface area contributed by atoms with Crippen LogP contribution in [0.1, 0.15) is 39.2 Å². The van der Waals surface area contributed by atoms with E-state index in [0.29, 0.717) is 6.54 Å². The van der Waals surface area contributed by atoms with Gasteiger partial charge in [-0.05, 0) is 32.8 Å². The van der Waals surface area contributed by atoms with Crippen LogP contribution in [0.2, 0.25) is 0 Å². The molecule has 0 aliphatic carbocycles. The lowest BCUT2D eigenvalue weighted by atomic mass is 10.1. The van der Waals surface area contributed by atoms with Crippen LogP contribution in [0.3, 0.4) is 0 Å². The van der Waals surface area contributed by atoms with Crippen molar-refractivity contribution in [3.05, 3.63) is 35.9 Å². The van der Waals surface area contributed by atoms with E-state index >= 15 is 0 Å². The first-order valence-corrected chi connectivity index (χ1v) is 9.27. The van der Waals surface area contributed by atoms with Gasteiger partial charge in [-0.1, -0.05) is 30.3 Å². The quantitative estimate of drug-likeness (QED) is 0.407. The van der Waals surface area contributed by atoms with E-state index in [1.54, 1.807) is 25.7 Å². The molecule has 0 spiro atoms. The second kappa shape index (κ2) is 12.9. The predicted octanol–water partition coefficient (Wildman–Crippen LogP) is 2.33. The molecule has 0 saturated carbocycles. The first-order chi connectivity index (χ1) is 13.0. The number of hydrogen-bond donors (Lipinski definition) is 0. The molecule has 0 saturated heterocycles. The molecule has 1 aromatic rings. The summed E-state index contributed by atoms with van der Waals surface area (Å²) in [5, 5.41) is 0. The Morgan fingerprint density at radius 1 is 0.889 bits per heavy atom. The van der Waals surface area contributed by atoms with Gasteiger partial charge in [-0.15, -0.1) is 0 Å². The summed E-state index contributed by atoms with van der Waals surface area (Å²) >= 11 is 0. The molecule has 0 amide bonds. The normalized spacial score (nSPS) is 11.7. The lowest BCUT2D eigenvalue weighted by Crippen LogP contribution is -2.45. The average Bonchev–Trinajstić information content (AvgIpc) is 2.63. The van der Waals surface area contributed by atoms with Gasteiger partial charge in [0.2, 0.25) is 0 Å². The second-order valence-electron chi connectivity index (χ2n) is 5.81. The van der Waals surface area contributed by atoms with Crippen LogP contribution in [0, 0.1) is 0 Å². The van der Waals surface area contributed by atoms with E-state index in [2.05, 4.69) is 0 Å². The van der Waals surface area contributed by atoms with E-state index in [0.717, 1.165) is 5.56 Å². The summed E-state index contributed by atoms with van der Waals surface area (Å²) in [5.41, 5.74) is 0.937. The number of nitrogens with zero attached hydrogens (tertiary/aromatic N) is 1. The minimum Gasteiger partial charge on any atom is -0.466 e. The van der Waals surface area contributed by atoms with Crippen LogP contribution in [0.5, 0.6) is 0 Å². The molecule has 7 heteroatoms. The van der Waals surface area contributed by atoms with Crippen molar-refractivity contribution in [1.29, 1.82) is 0 Å². The maximum Gasteiger partial charge on any atom is 0.323 e. The fourth-order valence-electron chi connectivity index (χ4n) is 2.64. The van der Waals surface area contributed by atoms with E-state index in [-0.39, 0.29) is 45.2 Å². The highest BCUT2D eigenvalue weighted by Gasteiger charge is 2.30. The molecule has 7 nitrogen and oxygen atoms in total. The van der Waals surface area contributed by atoms with Crippen LogP contribution in [-0.2, 0) is 35.1 Å². The molecule has 0 bridgehead atoms. The van der Waals surface area contributed by atoms with Gasteiger partial charge in [-0.2, -0.15) is 0 Å². The fraction of sp³-hybridized carbons (Fsp3) is 0.550. The number of carbonyl (C=O) groups is 3. The van der Waals surface area contributed by atoms with Gasteiger partial charge in [-0.3, -0.25) is 19.3 Å². The molecule has 0 aliphatic rings. The Labute approximate surface area is 160 Å². The number of benzene rings is 1. The maximum absolute atomic E-state index is 12.5. The number of carbonyl (C=O) groups excluding carboxylic acids is 3. The van der Waals surface area contributed by atoms with Crippen molar-refractivity contribution in [3.63, 3.8) is 0 Å².